The molecule has 0 radical (unpaired) electrons. The first kappa shape index (κ1) is 21.1. The number of aliphatic imine (C=N–C) groups is 1. The van der Waals surface area contributed by atoms with Crippen LogP contribution in [0.2, 0.25) is 0 Å². The quantitative estimate of drug-likeness (QED) is 0.359. The Bertz CT molecular complexity index is 668. The maximum absolute atomic E-state index is 4.49. The van der Waals surface area contributed by atoms with Crippen LogP contribution in [0, 0.1) is 0 Å². The summed E-state index contributed by atoms with van der Waals surface area (Å²) < 4.78 is 2.21. The Hall–Kier alpha value is -1.22. The van der Waals surface area contributed by atoms with Crippen molar-refractivity contribution in [1.29, 1.82) is 0 Å². The molecule has 142 valence electrons. The third kappa shape index (κ3) is 6.50. The van der Waals surface area contributed by atoms with E-state index >= 15 is 0 Å². The van der Waals surface area contributed by atoms with E-state index in [2.05, 4.69) is 67.3 Å². The Morgan fingerprint density at radius 3 is 2.88 bits per heavy atom. The third-order valence-electron chi connectivity index (χ3n) is 4.44. The predicted molar refractivity (Wildman–Crippen MR) is 121 cm³/mol. The van der Waals surface area contributed by atoms with E-state index in [4.69, 9.17) is 0 Å². The highest BCUT2D eigenvalue weighted by atomic mass is 127. The minimum absolute atomic E-state index is 0. The number of hydrogen-bond acceptors (Lipinski definition) is 3. The summed E-state index contributed by atoms with van der Waals surface area (Å²) in [7, 11) is 1.82. The molecule has 1 aromatic heterocycles. The minimum Gasteiger partial charge on any atom is -0.355 e. The lowest BCUT2D eigenvalue weighted by Crippen LogP contribution is -2.40. The first-order valence-corrected chi connectivity index (χ1v) is 10.00. The number of hydrogen-bond donors (Lipinski definition) is 2. The van der Waals surface area contributed by atoms with E-state index in [0.717, 1.165) is 31.3 Å². The van der Waals surface area contributed by atoms with Crippen molar-refractivity contribution in [2.24, 2.45) is 4.99 Å². The average molecular weight is 485 g/mol. The molecule has 1 aromatic carbocycles. The Balaban J connectivity index is 0.00000243. The van der Waals surface area contributed by atoms with Crippen LogP contribution in [0.4, 0.5) is 0 Å². The lowest BCUT2D eigenvalue weighted by atomic mass is 10.1. The molecule has 1 saturated heterocycles. The monoisotopic (exact) mass is 485 g/mol. The SMILES string of the molecule is CN=C(NCc1nccn1CCc1ccccc1)NCC1CCCS1.I. The summed E-state index contributed by atoms with van der Waals surface area (Å²) in [5, 5.41) is 7.53. The number of thioether (sulfide) groups is 1. The van der Waals surface area contributed by atoms with Crippen molar-refractivity contribution in [3.05, 3.63) is 54.1 Å². The topological polar surface area (TPSA) is 54.2 Å². The van der Waals surface area contributed by atoms with Crippen molar-refractivity contribution < 1.29 is 0 Å². The van der Waals surface area contributed by atoms with Gasteiger partial charge in [0.2, 0.25) is 0 Å². The average Bonchev–Trinajstić information content (AvgIpc) is 3.33. The van der Waals surface area contributed by atoms with Crippen LogP contribution >= 0.6 is 35.7 Å². The van der Waals surface area contributed by atoms with Gasteiger partial charge in [-0.3, -0.25) is 4.99 Å². The van der Waals surface area contributed by atoms with Gasteiger partial charge in [-0.1, -0.05) is 30.3 Å². The van der Waals surface area contributed by atoms with Crippen LogP contribution in [0.25, 0.3) is 0 Å². The van der Waals surface area contributed by atoms with Crippen LogP contribution < -0.4 is 10.6 Å². The summed E-state index contributed by atoms with van der Waals surface area (Å²) in [6.07, 6.45) is 7.56. The van der Waals surface area contributed by atoms with Gasteiger partial charge in [0, 0.05) is 37.8 Å². The number of rotatable bonds is 7. The van der Waals surface area contributed by atoms with Gasteiger partial charge in [-0.2, -0.15) is 11.8 Å². The standard InChI is InChI=1S/C19H27N5S.HI/c1-20-19(22-14-17-8-5-13-25-17)23-15-18-21-10-12-24(18)11-9-16-6-3-2-4-7-16;/h2-4,6-7,10,12,17H,5,8-9,11,13-15H2,1H3,(H2,20,22,23);1H. The molecule has 1 unspecified atom stereocenters. The molecule has 2 N–H and O–H groups in total. The normalized spacial score (nSPS) is 17.0. The number of benzene rings is 1. The van der Waals surface area contributed by atoms with Crippen LogP contribution in [0.1, 0.15) is 24.2 Å². The predicted octanol–water partition coefficient (Wildman–Crippen LogP) is 3.30. The summed E-state index contributed by atoms with van der Waals surface area (Å²) in [6, 6.07) is 10.6. The van der Waals surface area contributed by atoms with Crippen LogP contribution in [-0.4, -0.2) is 40.1 Å². The van der Waals surface area contributed by atoms with Crippen molar-refractivity contribution in [3.63, 3.8) is 0 Å². The molecule has 0 spiro atoms. The van der Waals surface area contributed by atoms with Crippen molar-refractivity contribution in [2.75, 3.05) is 19.3 Å². The molecule has 0 aliphatic carbocycles. The Morgan fingerprint density at radius 1 is 1.31 bits per heavy atom. The van der Waals surface area contributed by atoms with E-state index in [0.29, 0.717) is 11.8 Å². The van der Waals surface area contributed by atoms with Gasteiger partial charge in [0.15, 0.2) is 5.96 Å². The van der Waals surface area contributed by atoms with Gasteiger partial charge in [-0.25, -0.2) is 4.98 Å². The van der Waals surface area contributed by atoms with Gasteiger partial charge in [-0.05, 0) is 30.6 Å². The van der Waals surface area contributed by atoms with E-state index in [9.17, 15) is 0 Å². The molecule has 0 bridgehead atoms. The number of aromatic nitrogens is 2. The lowest BCUT2D eigenvalue weighted by molar-refractivity contribution is 0.633. The Morgan fingerprint density at radius 2 is 2.15 bits per heavy atom. The fraction of sp³-hybridized carbons (Fsp3) is 0.474. The summed E-state index contributed by atoms with van der Waals surface area (Å²) in [5.74, 6) is 3.18. The van der Waals surface area contributed by atoms with Crippen molar-refractivity contribution in [2.45, 2.75) is 37.6 Å². The van der Waals surface area contributed by atoms with E-state index in [1.807, 2.05) is 19.4 Å². The number of guanidine groups is 1. The van der Waals surface area contributed by atoms with E-state index < -0.39 is 0 Å². The molecule has 2 heterocycles. The van der Waals surface area contributed by atoms with E-state index in [-0.39, 0.29) is 24.0 Å². The molecule has 1 fully saturated rings. The fourth-order valence-electron chi connectivity index (χ4n) is 3.00. The molecule has 0 amide bonds. The summed E-state index contributed by atoms with van der Waals surface area (Å²) >= 11 is 2.06. The molecule has 0 saturated carbocycles. The summed E-state index contributed by atoms with van der Waals surface area (Å²) in [5.41, 5.74) is 1.35. The molecule has 1 aliphatic heterocycles. The van der Waals surface area contributed by atoms with Crippen LogP contribution in [-0.2, 0) is 19.5 Å². The molecule has 1 aliphatic rings. The number of aryl methyl sites for hydroxylation is 2. The number of nitrogens with one attached hydrogen (secondary N) is 2. The molecule has 26 heavy (non-hydrogen) atoms. The molecule has 3 rings (SSSR count). The van der Waals surface area contributed by atoms with Gasteiger partial charge in [0.25, 0.3) is 0 Å². The Kier molecular flexibility index (Phi) is 9.31. The maximum Gasteiger partial charge on any atom is 0.191 e. The molecule has 1 atom stereocenters. The number of halogens is 1. The summed E-state index contributed by atoms with van der Waals surface area (Å²) in [6.45, 7) is 2.60. The van der Waals surface area contributed by atoms with Crippen molar-refractivity contribution >= 4 is 41.7 Å². The smallest absolute Gasteiger partial charge is 0.191 e. The molecular weight excluding hydrogens is 457 g/mol. The van der Waals surface area contributed by atoms with Crippen molar-refractivity contribution in [1.82, 2.24) is 20.2 Å². The van der Waals surface area contributed by atoms with E-state index in [1.165, 1.54) is 24.2 Å². The molecule has 5 nitrogen and oxygen atoms in total. The van der Waals surface area contributed by atoms with Crippen LogP contribution in [0.3, 0.4) is 0 Å². The Labute approximate surface area is 177 Å². The van der Waals surface area contributed by atoms with Gasteiger partial charge in [-0.15, -0.1) is 24.0 Å². The second kappa shape index (κ2) is 11.5. The minimum atomic E-state index is 0. The summed E-state index contributed by atoms with van der Waals surface area (Å²) in [4.78, 5) is 8.81. The van der Waals surface area contributed by atoms with Gasteiger partial charge >= 0.3 is 0 Å². The zero-order valence-electron chi connectivity index (χ0n) is 15.2. The number of nitrogens with zero attached hydrogens (tertiary/aromatic N) is 3. The lowest BCUT2D eigenvalue weighted by Gasteiger charge is -2.15. The van der Waals surface area contributed by atoms with Gasteiger partial charge < -0.3 is 15.2 Å². The van der Waals surface area contributed by atoms with Crippen LogP contribution in [0.5, 0.6) is 0 Å². The van der Waals surface area contributed by atoms with Gasteiger partial charge in [0.05, 0.1) is 6.54 Å². The second-order valence-electron chi connectivity index (χ2n) is 6.21. The molecular formula is C19H28IN5S. The zero-order chi connectivity index (χ0) is 17.3. The molecule has 7 heteroatoms. The zero-order valence-corrected chi connectivity index (χ0v) is 18.4. The second-order valence-corrected chi connectivity index (χ2v) is 7.62. The largest absolute Gasteiger partial charge is 0.355 e. The molecule has 2 aromatic rings. The highest BCUT2D eigenvalue weighted by Gasteiger charge is 2.15. The first-order valence-electron chi connectivity index (χ1n) is 8.95. The maximum atomic E-state index is 4.49. The fourth-order valence-corrected chi connectivity index (χ4v) is 4.21. The van der Waals surface area contributed by atoms with Gasteiger partial charge in [0.1, 0.15) is 5.82 Å². The first-order chi connectivity index (χ1) is 12.3. The van der Waals surface area contributed by atoms with Crippen LogP contribution in [0.15, 0.2) is 47.7 Å². The number of imidazole rings is 1. The van der Waals surface area contributed by atoms with Crippen molar-refractivity contribution in [3.8, 4) is 0 Å². The highest BCUT2D eigenvalue weighted by molar-refractivity contribution is 14.0. The van der Waals surface area contributed by atoms with E-state index in [1.54, 1.807) is 0 Å². The third-order valence-corrected chi connectivity index (χ3v) is 5.84. The highest BCUT2D eigenvalue weighted by Crippen LogP contribution is 2.25.